The Balaban J connectivity index is 1.72. The molecule has 4 nitrogen and oxygen atoms in total. The van der Waals surface area contributed by atoms with Crippen LogP contribution in [0.3, 0.4) is 0 Å². The van der Waals surface area contributed by atoms with Gasteiger partial charge in [0, 0.05) is 20.1 Å². The van der Waals surface area contributed by atoms with Gasteiger partial charge >= 0.3 is 0 Å². The first-order valence-electron chi connectivity index (χ1n) is 7.39. The van der Waals surface area contributed by atoms with Gasteiger partial charge in [-0.25, -0.2) is 4.39 Å². The molecular formula is C17H19FN4S2. The van der Waals surface area contributed by atoms with Gasteiger partial charge in [-0.1, -0.05) is 42.5 Å². The Labute approximate surface area is 152 Å². The van der Waals surface area contributed by atoms with E-state index in [9.17, 15) is 4.39 Å². The Morgan fingerprint density at radius 1 is 0.917 bits per heavy atom. The maximum absolute atomic E-state index is 12.9. The van der Waals surface area contributed by atoms with E-state index in [0.717, 1.165) is 11.1 Å². The molecule has 0 bridgehead atoms. The summed E-state index contributed by atoms with van der Waals surface area (Å²) in [5, 5.41) is 8.80. The topological polar surface area (TPSA) is 39.3 Å². The van der Waals surface area contributed by atoms with Gasteiger partial charge in [-0.3, -0.25) is 10.4 Å². The summed E-state index contributed by atoms with van der Waals surface area (Å²) in [6, 6.07) is 16.2. The average molecular weight is 362 g/mol. The smallest absolute Gasteiger partial charge is 0.187 e. The normalized spacial score (nSPS) is 9.92. The van der Waals surface area contributed by atoms with Crippen LogP contribution in [-0.4, -0.2) is 22.3 Å². The lowest BCUT2D eigenvalue weighted by molar-refractivity contribution is 0.442. The average Bonchev–Trinajstić information content (AvgIpc) is 2.60. The number of hydrazine groups is 1. The first kappa shape index (κ1) is 18.1. The van der Waals surface area contributed by atoms with Gasteiger partial charge in [-0.2, -0.15) is 0 Å². The highest BCUT2D eigenvalue weighted by Gasteiger charge is 2.05. The molecule has 126 valence electrons. The van der Waals surface area contributed by atoms with E-state index >= 15 is 0 Å². The fraction of sp³-hybridized carbons (Fsp3) is 0.176. The lowest BCUT2D eigenvalue weighted by Gasteiger charge is -2.23. The van der Waals surface area contributed by atoms with Crippen molar-refractivity contribution in [3.05, 3.63) is 71.5 Å². The second-order valence-corrected chi connectivity index (χ2v) is 5.92. The molecule has 0 unspecified atom stereocenters. The highest BCUT2D eigenvalue weighted by molar-refractivity contribution is 7.80. The highest BCUT2D eigenvalue weighted by Crippen LogP contribution is 2.02. The number of rotatable bonds is 4. The van der Waals surface area contributed by atoms with Gasteiger partial charge in [0.05, 0.1) is 0 Å². The molecule has 0 saturated heterocycles. The monoisotopic (exact) mass is 362 g/mol. The number of hydrogen-bond donors (Lipinski definition) is 3. The summed E-state index contributed by atoms with van der Waals surface area (Å²) >= 11 is 10.5. The SMILES string of the molecule is CN(NC(=S)NCc1ccc(F)cc1)C(=S)NCc1ccccc1. The third-order valence-corrected chi connectivity index (χ3v) is 3.88. The van der Waals surface area contributed by atoms with Crippen LogP contribution in [0.2, 0.25) is 0 Å². The Kier molecular flexibility index (Phi) is 6.89. The summed E-state index contributed by atoms with van der Waals surface area (Å²) in [7, 11) is 1.78. The minimum atomic E-state index is -0.256. The predicted octanol–water partition coefficient (Wildman–Crippen LogP) is 2.71. The molecule has 2 aromatic rings. The van der Waals surface area contributed by atoms with Gasteiger partial charge in [0.15, 0.2) is 10.2 Å². The minimum Gasteiger partial charge on any atom is -0.357 e. The van der Waals surface area contributed by atoms with Gasteiger partial charge in [-0.15, -0.1) is 0 Å². The van der Waals surface area contributed by atoms with Crippen molar-refractivity contribution in [2.75, 3.05) is 7.05 Å². The number of benzene rings is 2. The van der Waals surface area contributed by atoms with Crippen molar-refractivity contribution in [1.29, 1.82) is 0 Å². The number of nitrogens with one attached hydrogen (secondary N) is 3. The van der Waals surface area contributed by atoms with E-state index in [1.807, 2.05) is 30.3 Å². The second kappa shape index (κ2) is 9.14. The Bertz CT molecular complexity index is 677. The summed E-state index contributed by atoms with van der Waals surface area (Å²) in [6.45, 7) is 1.14. The third kappa shape index (κ3) is 6.10. The molecule has 0 amide bonds. The molecule has 24 heavy (non-hydrogen) atoms. The van der Waals surface area contributed by atoms with Crippen molar-refractivity contribution in [3.63, 3.8) is 0 Å². The van der Waals surface area contributed by atoms with Crippen molar-refractivity contribution in [2.45, 2.75) is 13.1 Å². The van der Waals surface area contributed by atoms with Crippen molar-refractivity contribution >= 4 is 34.7 Å². The number of thiocarbonyl (C=S) groups is 2. The van der Waals surface area contributed by atoms with Crippen LogP contribution in [0.4, 0.5) is 4.39 Å². The summed E-state index contributed by atoms with van der Waals surface area (Å²) in [4.78, 5) is 0. The van der Waals surface area contributed by atoms with E-state index in [-0.39, 0.29) is 5.82 Å². The van der Waals surface area contributed by atoms with Crippen LogP contribution < -0.4 is 16.1 Å². The summed E-state index contributed by atoms with van der Waals surface area (Å²) in [6.07, 6.45) is 0. The molecule has 0 atom stereocenters. The molecule has 2 aromatic carbocycles. The molecular weight excluding hydrogens is 343 g/mol. The van der Waals surface area contributed by atoms with Crippen LogP contribution >= 0.6 is 24.4 Å². The lowest BCUT2D eigenvalue weighted by Crippen LogP contribution is -2.50. The molecule has 2 rings (SSSR count). The van der Waals surface area contributed by atoms with Crippen LogP contribution in [-0.2, 0) is 13.1 Å². The van der Waals surface area contributed by atoms with Crippen molar-refractivity contribution in [1.82, 2.24) is 21.1 Å². The molecule has 0 heterocycles. The Morgan fingerprint density at radius 2 is 1.50 bits per heavy atom. The molecule has 0 radical (unpaired) electrons. The molecule has 0 fully saturated rings. The Hall–Kier alpha value is -2.25. The van der Waals surface area contributed by atoms with Crippen LogP contribution in [0.1, 0.15) is 11.1 Å². The van der Waals surface area contributed by atoms with Crippen LogP contribution in [0.15, 0.2) is 54.6 Å². The van der Waals surface area contributed by atoms with Crippen LogP contribution in [0, 0.1) is 5.82 Å². The van der Waals surface area contributed by atoms with Gasteiger partial charge in [-0.05, 0) is 47.7 Å². The van der Waals surface area contributed by atoms with E-state index in [4.69, 9.17) is 24.4 Å². The maximum atomic E-state index is 12.9. The molecule has 7 heteroatoms. The van der Waals surface area contributed by atoms with Gasteiger partial charge < -0.3 is 10.6 Å². The quantitative estimate of drug-likeness (QED) is 0.574. The first-order valence-corrected chi connectivity index (χ1v) is 8.20. The fourth-order valence-electron chi connectivity index (χ4n) is 1.92. The molecule has 0 aliphatic carbocycles. The zero-order chi connectivity index (χ0) is 17.4. The number of hydrogen-bond acceptors (Lipinski definition) is 2. The summed E-state index contributed by atoms with van der Waals surface area (Å²) in [5.74, 6) is -0.256. The molecule has 0 aromatic heterocycles. The predicted molar refractivity (Wildman–Crippen MR) is 103 cm³/mol. The summed E-state index contributed by atoms with van der Waals surface area (Å²) in [5.41, 5.74) is 5.06. The van der Waals surface area contributed by atoms with E-state index in [1.54, 1.807) is 24.2 Å². The molecule has 0 aliphatic heterocycles. The standard InChI is InChI=1S/C17H19FN4S2/c1-22(17(24)20-12-13-5-3-2-4-6-13)21-16(23)19-11-14-7-9-15(18)10-8-14/h2-10H,11-12H2,1H3,(H,20,24)(H2,19,21,23). The third-order valence-electron chi connectivity index (χ3n) is 3.23. The minimum absolute atomic E-state index is 0.256. The van der Waals surface area contributed by atoms with Crippen molar-refractivity contribution < 1.29 is 4.39 Å². The van der Waals surface area contributed by atoms with Gasteiger partial charge in [0.1, 0.15) is 5.82 Å². The van der Waals surface area contributed by atoms with Crippen molar-refractivity contribution in [2.24, 2.45) is 0 Å². The first-order chi connectivity index (χ1) is 11.5. The fourth-order valence-corrected chi connectivity index (χ4v) is 2.25. The highest BCUT2D eigenvalue weighted by atomic mass is 32.1. The maximum Gasteiger partial charge on any atom is 0.187 e. The molecule has 0 spiro atoms. The van der Waals surface area contributed by atoms with E-state index in [1.165, 1.54) is 12.1 Å². The van der Waals surface area contributed by atoms with E-state index in [0.29, 0.717) is 23.3 Å². The largest absolute Gasteiger partial charge is 0.357 e. The summed E-state index contributed by atoms with van der Waals surface area (Å²) < 4.78 is 12.9. The second-order valence-electron chi connectivity index (χ2n) is 5.12. The van der Waals surface area contributed by atoms with Gasteiger partial charge in [0.25, 0.3) is 0 Å². The Morgan fingerprint density at radius 3 is 2.17 bits per heavy atom. The van der Waals surface area contributed by atoms with Crippen molar-refractivity contribution in [3.8, 4) is 0 Å². The lowest BCUT2D eigenvalue weighted by atomic mass is 10.2. The van der Waals surface area contributed by atoms with E-state index in [2.05, 4.69) is 16.1 Å². The molecule has 3 N–H and O–H groups in total. The number of halogens is 1. The van der Waals surface area contributed by atoms with E-state index < -0.39 is 0 Å². The van der Waals surface area contributed by atoms with Gasteiger partial charge in [0.2, 0.25) is 0 Å². The molecule has 0 aliphatic rings. The van der Waals surface area contributed by atoms with Crippen LogP contribution in [0.5, 0.6) is 0 Å². The zero-order valence-electron chi connectivity index (χ0n) is 13.3. The number of nitrogens with zero attached hydrogens (tertiary/aromatic N) is 1. The van der Waals surface area contributed by atoms with Crippen LogP contribution in [0.25, 0.3) is 0 Å². The zero-order valence-corrected chi connectivity index (χ0v) is 14.9. The molecule has 0 saturated carbocycles.